The maximum absolute atomic E-state index is 12.4. The van der Waals surface area contributed by atoms with Crippen molar-refractivity contribution in [1.82, 2.24) is 9.55 Å². The van der Waals surface area contributed by atoms with Gasteiger partial charge in [-0.3, -0.25) is 14.4 Å². The number of benzene rings is 1. The molecular weight excluding hydrogens is 346 g/mol. The van der Waals surface area contributed by atoms with Gasteiger partial charge in [-0.25, -0.2) is 4.98 Å². The fraction of sp³-hybridized carbons (Fsp3) is 0.400. The average Bonchev–Trinajstić information content (AvgIpc) is 3.08. The lowest BCUT2D eigenvalue weighted by Gasteiger charge is -2.32. The molecule has 0 radical (unpaired) electrons. The number of hydrogen-bond acceptors (Lipinski definition) is 4. The minimum absolute atomic E-state index is 0.0315. The number of imidazole rings is 1. The summed E-state index contributed by atoms with van der Waals surface area (Å²) in [7, 11) is 1.75. The number of aliphatic carboxylic acids is 1. The first-order valence-electron chi connectivity index (χ1n) is 9.07. The van der Waals surface area contributed by atoms with E-state index < -0.39 is 11.4 Å². The van der Waals surface area contributed by atoms with Crippen LogP contribution in [0.1, 0.15) is 54.7 Å². The minimum atomic E-state index is -0.962. The zero-order valence-electron chi connectivity index (χ0n) is 15.3. The predicted octanol–water partition coefficient (Wildman–Crippen LogP) is 3.01. The van der Waals surface area contributed by atoms with Gasteiger partial charge in [-0.15, -0.1) is 0 Å². The summed E-state index contributed by atoms with van der Waals surface area (Å²) in [6, 6.07) is 6.53. The molecule has 0 atom stereocenters. The molecule has 2 aromatic rings. The second kappa shape index (κ2) is 7.73. The van der Waals surface area contributed by atoms with Crippen LogP contribution in [0.2, 0.25) is 0 Å². The van der Waals surface area contributed by atoms with Crippen LogP contribution in [0, 0.1) is 5.41 Å². The molecule has 7 nitrogen and oxygen atoms in total. The van der Waals surface area contributed by atoms with E-state index in [9.17, 15) is 19.5 Å². The van der Waals surface area contributed by atoms with Crippen molar-refractivity contribution in [2.24, 2.45) is 12.5 Å². The number of amides is 1. The van der Waals surface area contributed by atoms with Gasteiger partial charge in [0.1, 0.15) is 0 Å². The number of ketones is 1. The monoisotopic (exact) mass is 369 g/mol. The second-order valence-electron chi connectivity index (χ2n) is 7.14. The van der Waals surface area contributed by atoms with Gasteiger partial charge in [-0.1, -0.05) is 19.3 Å². The Hall–Kier alpha value is -2.96. The number of carbonyl (C=O) groups is 3. The third-order valence-corrected chi connectivity index (χ3v) is 5.22. The Morgan fingerprint density at radius 1 is 1.15 bits per heavy atom. The van der Waals surface area contributed by atoms with Crippen molar-refractivity contribution in [3.8, 4) is 0 Å². The van der Waals surface area contributed by atoms with Gasteiger partial charge in [-0.05, 0) is 37.1 Å². The molecule has 7 heteroatoms. The highest BCUT2D eigenvalue weighted by Gasteiger charge is 2.41. The first-order valence-corrected chi connectivity index (χ1v) is 9.07. The van der Waals surface area contributed by atoms with E-state index in [-0.39, 0.29) is 18.1 Å². The number of nitrogens with zero attached hydrogens (tertiary/aromatic N) is 2. The van der Waals surface area contributed by atoms with Gasteiger partial charge in [-0.2, -0.15) is 0 Å². The van der Waals surface area contributed by atoms with Crippen molar-refractivity contribution in [3.05, 3.63) is 48.0 Å². The fourth-order valence-corrected chi connectivity index (χ4v) is 3.63. The van der Waals surface area contributed by atoms with E-state index in [0.29, 0.717) is 29.9 Å². The van der Waals surface area contributed by atoms with E-state index >= 15 is 0 Å². The molecule has 1 heterocycles. The molecule has 2 N–H and O–H groups in total. The molecule has 1 aromatic carbocycles. The number of carboxylic acid groups (broad SMARTS) is 1. The summed E-state index contributed by atoms with van der Waals surface area (Å²) >= 11 is 0. The largest absolute Gasteiger partial charge is 0.481 e. The smallest absolute Gasteiger partial charge is 0.310 e. The molecule has 0 bridgehead atoms. The maximum Gasteiger partial charge on any atom is 0.310 e. The number of carbonyl (C=O) groups excluding carboxylic acids is 2. The van der Waals surface area contributed by atoms with Crippen LogP contribution in [0.15, 0.2) is 36.7 Å². The lowest BCUT2D eigenvalue weighted by Crippen LogP contribution is -2.37. The SMILES string of the molecule is Cn1ccnc1C(=O)c1ccc(NC(=O)CC2(C(=O)O)CCCCC2)cc1. The summed E-state index contributed by atoms with van der Waals surface area (Å²) in [4.78, 5) is 40.5. The van der Waals surface area contributed by atoms with Gasteiger partial charge in [0.2, 0.25) is 11.7 Å². The molecular formula is C20H23N3O4. The molecule has 1 amide bonds. The van der Waals surface area contributed by atoms with Crippen LogP contribution in [0.4, 0.5) is 5.69 Å². The Bertz CT molecular complexity index is 848. The second-order valence-corrected chi connectivity index (χ2v) is 7.14. The Kier molecular flexibility index (Phi) is 5.39. The molecule has 1 aliphatic carbocycles. The minimum Gasteiger partial charge on any atom is -0.481 e. The van der Waals surface area contributed by atoms with Gasteiger partial charge in [0, 0.05) is 37.1 Å². The molecule has 3 rings (SSSR count). The zero-order valence-corrected chi connectivity index (χ0v) is 15.3. The van der Waals surface area contributed by atoms with Gasteiger partial charge in [0.15, 0.2) is 5.82 Å². The quantitative estimate of drug-likeness (QED) is 0.762. The highest BCUT2D eigenvalue weighted by molar-refractivity contribution is 6.07. The standard InChI is InChI=1S/C20H23N3O4/c1-23-12-11-21-18(23)17(25)14-5-7-15(8-6-14)22-16(24)13-20(19(26)27)9-3-2-4-10-20/h5-8,11-12H,2-4,9-10,13H2,1H3,(H,22,24)(H,26,27). The van der Waals surface area contributed by atoms with E-state index in [1.54, 1.807) is 48.3 Å². The molecule has 0 saturated heterocycles. The van der Waals surface area contributed by atoms with Crippen LogP contribution in [-0.4, -0.2) is 32.3 Å². The fourth-order valence-electron chi connectivity index (χ4n) is 3.63. The first-order chi connectivity index (χ1) is 12.9. The number of rotatable bonds is 6. The van der Waals surface area contributed by atoms with Gasteiger partial charge in [0.05, 0.1) is 5.41 Å². The van der Waals surface area contributed by atoms with E-state index in [2.05, 4.69) is 10.3 Å². The molecule has 1 aliphatic rings. The molecule has 0 unspecified atom stereocenters. The molecule has 0 spiro atoms. The summed E-state index contributed by atoms with van der Waals surface area (Å²) < 4.78 is 1.65. The van der Waals surface area contributed by atoms with Crippen LogP contribution in [-0.2, 0) is 16.6 Å². The molecule has 142 valence electrons. The average molecular weight is 369 g/mol. The number of aryl methyl sites for hydroxylation is 1. The van der Waals surface area contributed by atoms with Crippen molar-refractivity contribution in [2.75, 3.05) is 5.32 Å². The summed E-state index contributed by atoms with van der Waals surface area (Å²) in [5.41, 5.74) is 0.0421. The normalized spacial score (nSPS) is 15.9. The van der Waals surface area contributed by atoms with Crippen LogP contribution < -0.4 is 5.32 Å². The van der Waals surface area contributed by atoms with Gasteiger partial charge >= 0.3 is 5.97 Å². The van der Waals surface area contributed by atoms with Gasteiger partial charge in [0.25, 0.3) is 0 Å². The molecule has 0 aliphatic heterocycles. The van der Waals surface area contributed by atoms with Crippen molar-refractivity contribution in [3.63, 3.8) is 0 Å². The van der Waals surface area contributed by atoms with Gasteiger partial charge < -0.3 is 15.0 Å². The maximum atomic E-state index is 12.4. The van der Waals surface area contributed by atoms with E-state index in [4.69, 9.17) is 0 Å². The lowest BCUT2D eigenvalue weighted by atomic mass is 9.71. The highest BCUT2D eigenvalue weighted by atomic mass is 16.4. The lowest BCUT2D eigenvalue weighted by molar-refractivity contribution is -0.153. The van der Waals surface area contributed by atoms with E-state index in [0.717, 1.165) is 19.3 Å². The van der Waals surface area contributed by atoms with Crippen molar-refractivity contribution in [2.45, 2.75) is 38.5 Å². The number of hydrogen-bond donors (Lipinski definition) is 2. The van der Waals surface area contributed by atoms with Crippen LogP contribution in [0.5, 0.6) is 0 Å². The zero-order chi connectivity index (χ0) is 19.4. The number of aromatic nitrogens is 2. The Labute approximate surface area is 157 Å². The topological polar surface area (TPSA) is 101 Å². The molecule has 1 aromatic heterocycles. The van der Waals surface area contributed by atoms with Crippen LogP contribution in [0.25, 0.3) is 0 Å². The number of nitrogens with one attached hydrogen (secondary N) is 1. The van der Waals surface area contributed by atoms with Crippen LogP contribution in [0.3, 0.4) is 0 Å². The number of carboxylic acids is 1. The summed E-state index contributed by atoms with van der Waals surface area (Å²) in [6.07, 6.45) is 6.99. The van der Waals surface area contributed by atoms with Crippen molar-refractivity contribution in [1.29, 1.82) is 0 Å². The van der Waals surface area contributed by atoms with E-state index in [1.807, 2.05) is 0 Å². The Balaban J connectivity index is 1.65. The summed E-state index contributed by atoms with van der Waals surface area (Å²) in [6.45, 7) is 0. The molecule has 27 heavy (non-hydrogen) atoms. The third-order valence-electron chi connectivity index (χ3n) is 5.22. The van der Waals surface area contributed by atoms with Crippen LogP contribution >= 0.6 is 0 Å². The Morgan fingerprint density at radius 3 is 2.37 bits per heavy atom. The third kappa shape index (κ3) is 4.07. The summed E-state index contributed by atoms with van der Waals surface area (Å²) in [5, 5.41) is 12.3. The number of anilines is 1. The highest BCUT2D eigenvalue weighted by Crippen LogP contribution is 2.39. The van der Waals surface area contributed by atoms with Crippen molar-refractivity contribution < 1.29 is 19.5 Å². The summed E-state index contributed by atoms with van der Waals surface area (Å²) in [5.74, 6) is -1.07. The Morgan fingerprint density at radius 2 is 1.81 bits per heavy atom. The van der Waals surface area contributed by atoms with E-state index in [1.165, 1.54) is 0 Å². The molecule has 1 saturated carbocycles. The predicted molar refractivity (Wildman–Crippen MR) is 99.5 cm³/mol. The molecule has 1 fully saturated rings. The first kappa shape index (κ1) is 18.8. The van der Waals surface area contributed by atoms with Crippen molar-refractivity contribution >= 4 is 23.3 Å².